The van der Waals surface area contributed by atoms with Crippen molar-refractivity contribution in [3.05, 3.63) is 35.5 Å². The molecular formula is C19H23N3O4. The summed E-state index contributed by atoms with van der Waals surface area (Å²) in [5, 5.41) is 7.01. The predicted molar refractivity (Wildman–Crippen MR) is 93.1 cm³/mol. The molecule has 4 rings (SSSR count). The minimum absolute atomic E-state index is 0.0845. The van der Waals surface area contributed by atoms with Gasteiger partial charge in [0.1, 0.15) is 11.1 Å². The third-order valence-corrected chi connectivity index (χ3v) is 4.96. The summed E-state index contributed by atoms with van der Waals surface area (Å²) in [5.74, 6) is 2.16. The zero-order chi connectivity index (χ0) is 18.4. The lowest BCUT2D eigenvalue weighted by molar-refractivity contribution is -0.126. The number of aryl methyl sites for hydroxylation is 1. The van der Waals surface area contributed by atoms with Crippen molar-refractivity contribution in [3.8, 4) is 11.5 Å². The molecule has 1 saturated carbocycles. The molecule has 0 bridgehead atoms. The van der Waals surface area contributed by atoms with Crippen molar-refractivity contribution in [3.63, 3.8) is 0 Å². The normalized spacial score (nSPS) is 19.2. The number of rotatable bonds is 5. The number of hydrogen-bond acceptors (Lipinski definition) is 6. The fourth-order valence-corrected chi connectivity index (χ4v) is 3.58. The fourth-order valence-electron chi connectivity index (χ4n) is 3.58. The first-order valence-corrected chi connectivity index (χ1v) is 8.92. The van der Waals surface area contributed by atoms with Crippen LogP contribution in [0.1, 0.15) is 50.4 Å². The minimum atomic E-state index is -0.532. The smallest absolute Gasteiger partial charge is 0.258 e. The number of aromatic nitrogens is 2. The molecule has 0 spiro atoms. The molecule has 7 heteroatoms. The number of hydrogen-bond donors (Lipinski definition) is 1. The number of carbonyl (C=O) groups is 1. The van der Waals surface area contributed by atoms with Gasteiger partial charge in [-0.2, -0.15) is 4.98 Å². The molecule has 1 aromatic heterocycles. The summed E-state index contributed by atoms with van der Waals surface area (Å²) in [7, 11) is 0. The molecule has 138 valence electrons. The number of ether oxygens (including phenoxy) is 2. The average Bonchev–Trinajstić information content (AvgIpc) is 3.10. The highest BCUT2D eigenvalue weighted by atomic mass is 16.5. The zero-order valence-corrected chi connectivity index (χ0v) is 15.3. The quantitative estimate of drug-likeness (QED) is 0.885. The number of nitrogens with one attached hydrogen (secondary N) is 1. The van der Waals surface area contributed by atoms with E-state index in [9.17, 15) is 4.79 Å². The molecule has 0 unspecified atom stereocenters. The highest BCUT2D eigenvalue weighted by Crippen LogP contribution is 2.42. The summed E-state index contributed by atoms with van der Waals surface area (Å²) in [4.78, 5) is 16.8. The molecule has 1 aliphatic heterocycles. The minimum Gasteiger partial charge on any atom is -0.483 e. The molecule has 0 atom stereocenters. The van der Waals surface area contributed by atoms with Gasteiger partial charge in [-0.25, -0.2) is 0 Å². The molecule has 2 aliphatic rings. The van der Waals surface area contributed by atoms with Crippen molar-refractivity contribution in [2.24, 2.45) is 0 Å². The van der Waals surface area contributed by atoms with Crippen LogP contribution < -0.4 is 14.8 Å². The van der Waals surface area contributed by atoms with Crippen LogP contribution in [0.3, 0.4) is 0 Å². The molecule has 2 aromatic rings. The van der Waals surface area contributed by atoms with E-state index in [-0.39, 0.29) is 18.1 Å². The van der Waals surface area contributed by atoms with E-state index in [1.165, 1.54) is 0 Å². The highest BCUT2D eigenvalue weighted by molar-refractivity contribution is 5.78. The van der Waals surface area contributed by atoms with Crippen LogP contribution in [0.5, 0.6) is 11.5 Å². The van der Waals surface area contributed by atoms with Gasteiger partial charge in [0.2, 0.25) is 5.89 Å². The number of para-hydroxylation sites is 1. The van der Waals surface area contributed by atoms with Crippen LogP contribution in [0.2, 0.25) is 0 Å². The molecule has 1 amide bonds. The Balaban J connectivity index is 1.42. The Morgan fingerprint density at radius 3 is 2.81 bits per heavy atom. The number of nitrogens with zero attached hydrogens (tertiary/aromatic N) is 2. The molecule has 7 nitrogen and oxygen atoms in total. The molecule has 0 radical (unpaired) electrons. The van der Waals surface area contributed by atoms with E-state index in [1.54, 1.807) is 6.92 Å². The summed E-state index contributed by atoms with van der Waals surface area (Å²) in [5.41, 5.74) is 0.317. The van der Waals surface area contributed by atoms with E-state index in [4.69, 9.17) is 14.0 Å². The van der Waals surface area contributed by atoms with Crippen LogP contribution in [0.25, 0.3) is 0 Å². The maximum Gasteiger partial charge on any atom is 0.258 e. The van der Waals surface area contributed by atoms with E-state index < -0.39 is 5.54 Å². The number of carbonyl (C=O) groups excluding carboxylic acids is 1. The van der Waals surface area contributed by atoms with Crippen LogP contribution in [-0.2, 0) is 16.8 Å². The summed E-state index contributed by atoms with van der Waals surface area (Å²) < 4.78 is 16.8. The van der Waals surface area contributed by atoms with Gasteiger partial charge in [-0.3, -0.25) is 4.79 Å². The Morgan fingerprint density at radius 1 is 1.35 bits per heavy atom. The molecular weight excluding hydrogens is 334 g/mol. The Labute approximate surface area is 152 Å². The van der Waals surface area contributed by atoms with Gasteiger partial charge in [0.25, 0.3) is 5.91 Å². The van der Waals surface area contributed by atoms with Gasteiger partial charge in [-0.1, -0.05) is 17.3 Å². The topological polar surface area (TPSA) is 86.5 Å². The Kier molecular flexibility index (Phi) is 3.89. The van der Waals surface area contributed by atoms with Crippen molar-refractivity contribution in [2.75, 3.05) is 6.61 Å². The first-order chi connectivity index (χ1) is 12.4. The molecule has 26 heavy (non-hydrogen) atoms. The van der Waals surface area contributed by atoms with Gasteiger partial charge in [0.15, 0.2) is 23.9 Å². The second-order valence-corrected chi connectivity index (χ2v) is 7.69. The molecule has 1 aliphatic carbocycles. The van der Waals surface area contributed by atoms with E-state index >= 15 is 0 Å². The summed E-state index contributed by atoms with van der Waals surface area (Å²) in [6.45, 7) is 5.73. The van der Waals surface area contributed by atoms with E-state index in [0.29, 0.717) is 17.5 Å². The molecule has 1 fully saturated rings. The maximum atomic E-state index is 12.5. The molecule has 1 N–H and O–H groups in total. The average molecular weight is 357 g/mol. The van der Waals surface area contributed by atoms with Gasteiger partial charge in [-0.15, -0.1) is 0 Å². The number of amides is 1. The Hall–Kier alpha value is -2.57. The summed E-state index contributed by atoms with van der Waals surface area (Å²) >= 11 is 0. The number of benzene rings is 1. The van der Waals surface area contributed by atoms with Crippen molar-refractivity contribution in [2.45, 2.75) is 57.6 Å². The monoisotopic (exact) mass is 357 g/mol. The second-order valence-electron chi connectivity index (χ2n) is 7.69. The van der Waals surface area contributed by atoms with E-state index in [1.807, 2.05) is 32.0 Å². The third kappa shape index (κ3) is 3.02. The van der Waals surface area contributed by atoms with Gasteiger partial charge < -0.3 is 19.3 Å². The van der Waals surface area contributed by atoms with Crippen molar-refractivity contribution >= 4 is 5.91 Å². The summed E-state index contributed by atoms with van der Waals surface area (Å²) in [6.07, 6.45) is 3.45. The largest absolute Gasteiger partial charge is 0.483 e. The summed E-state index contributed by atoms with van der Waals surface area (Å²) in [6, 6.07) is 5.78. The Morgan fingerprint density at radius 2 is 2.15 bits per heavy atom. The first-order valence-electron chi connectivity index (χ1n) is 8.92. The van der Waals surface area contributed by atoms with Gasteiger partial charge >= 0.3 is 0 Å². The fraction of sp³-hybridized carbons (Fsp3) is 0.526. The van der Waals surface area contributed by atoms with Gasteiger partial charge in [0, 0.05) is 18.9 Å². The van der Waals surface area contributed by atoms with E-state index in [0.717, 1.165) is 37.0 Å². The predicted octanol–water partition coefficient (Wildman–Crippen LogP) is 2.67. The number of fused-ring (bicyclic) bond motifs is 1. The third-order valence-electron chi connectivity index (χ3n) is 4.96. The first kappa shape index (κ1) is 16.9. The van der Waals surface area contributed by atoms with Crippen molar-refractivity contribution < 1.29 is 18.8 Å². The lowest BCUT2D eigenvalue weighted by atomic mass is 9.76. The molecule has 2 heterocycles. The second kappa shape index (κ2) is 6.00. The van der Waals surface area contributed by atoms with Crippen molar-refractivity contribution in [1.29, 1.82) is 0 Å². The Bertz CT molecular complexity index is 839. The van der Waals surface area contributed by atoms with Crippen LogP contribution in [0.15, 0.2) is 22.7 Å². The van der Waals surface area contributed by atoms with Gasteiger partial charge in [0.05, 0.1) is 0 Å². The lowest BCUT2D eigenvalue weighted by Crippen LogP contribution is -2.52. The van der Waals surface area contributed by atoms with Crippen LogP contribution >= 0.6 is 0 Å². The maximum absolute atomic E-state index is 12.5. The van der Waals surface area contributed by atoms with Crippen LogP contribution in [-0.4, -0.2) is 28.3 Å². The molecule has 1 aromatic carbocycles. The lowest BCUT2D eigenvalue weighted by Gasteiger charge is -2.39. The van der Waals surface area contributed by atoms with Crippen LogP contribution in [0.4, 0.5) is 0 Å². The standard InChI is InChI=1S/C19H23N3O4/c1-12-20-17(22-26-12)19(8-5-9-19)21-15(23)11-24-14-7-4-6-13-10-18(2,3)25-16(13)14/h4,6-7H,5,8-11H2,1-3H3,(H,21,23). The van der Waals surface area contributed by atoms with Gasteiger partial charge in [-0.05, 0) is 39.2 Å². The zero-order valence-electron chi connectivity index (χ0n) is 15.3. The van der Waals surface area contributed by atoms with Crippen molar-refractivity contribution in [1.82, 2.24) is 15.5 Å². The van der Waals surface area contributed by atoms with Crippen LogP contribution in [0, 0.1) is 6.92 Å². The highest BCUT2D eigenvalue weighted by Gasteiger charge is 2.44. The SMILES string of the molecule is Cc1nc(C2(NC(=O)COc3cccc4c3OC(C)(C)C4)CCC2)no1. The molecule has 0 saturated heterocycles. The van der Waals surface area contributed by atoms with E-state index in [2.05, 4.69) is 15.5 Å².